The Balaban J connectivity index is 1.50. The summed E-state index contributed by atoms with van der Waals surface area (Å²) in [5.74, 6) is -0.617. The van der Waals surface area contributed by atoms with E-state index in [0.29, 0.717) is 58.5 Å². The number of ether oxygens (including phenoxy) is 2. The molecular formula is C32H34BrFN2O5. The van der Waals surface area contributed by atoms with Gasteiger partial charge >= 0.3 is 0 Å². The number of benzene rings is 2. The van der Waals surface area contributed by atoms with Crippen LogP contribution < -0.4 is 20.1 Å². The molecule has 1 heterocycles. The van der Waals surface area contributed by atoms with Gasteiger partial charge in [0, 0.05) is 47.0 Å². The van der Waals surface area contributed by atoms with Gasteiger partial charge in [0.05, 0.1) is 11.6 Å². The number of carbonyl (C=O) groups is 3. The Morgan fingerprint density at radius 1 is 0.976 bits per heavy atom. The van der Waals surface area contributed by atoms with Crippen molar-refractivity contribution in [3.63, 3.8) is 0 Å². The summed E-state index contributed by atoms with van der Waals surface area (Å²) in [5.41, 5.74) is 3.84. The van der Waals surface area contributed by atoms with Gasteiger partial charge in [-0.1, -0.05) is 27.7 Å². The fraction of sp³-hybridized carbons (Fsp3) is 0.406. The van der Waals surface area contributed by atoms with Gasteiger partial charge in [0.1, 0.15) is 5.82 Å². The van der Waals surface area contributed by atoms with Crippen LogP contribution in [0.25, 0.3) is 0 Å². The van der Waals surface area contributed by atoms with Crippen LogP contribution >= 0.6 is 15.9 Å². The summed E-state index contributed by atoms with van der Waals surface area (Å²) in [6, 6.07) is 9.06. The van der Waals surface area contributed by atoms with Gasteiger partial charge in [0.2, 0.25) is 0 Å². The molecule has 0 spiro atoms. The number of carbonyl (C=O) groups excluding carboxylic acids is 3. The molecule has 0 saturated carbocycles. The Hall–Kier alpha value is -3.46. The lowest BCUT2D eigenvalue weighted by Gasteiger charge is -2.44. The fourth-order valence-corrected chi connectivity index (χ4v) is 6.71. The molecule has 1 aliphatic heterocycles. The number of ketones is 2. The number of dihydropyridines is 1. The van der Waals surface area contributed by atoms with Crippen LogP contribution in [0.2, 0.25) is 0 Å². The second kappa shape index (κ2) is 10.7. The molecule has 2 aromatic rings. The van der Waals surface area contributed by atoms with Gasteiger partial charge in [-0.3, -0.25) is 14.4 Å². The molecular weight excluding hydrogens is 591 g/mol. The zero-order valence-electron chi connectivity index (χ0n) is 23.9. The summed E-state index contributed by atoms with van der Waals surface area (Å²) >= 11 is 3.58. The quantitative estimate of drug-likeness (QED) is 0.377. The van der Waals surface area contributed by atoms with Gasteiger partial charge in [-0.2, -0.15) is 0 Å². The van der Waals surface area contributed by atoms with E-state index >= 15 is 0 Å². The van der Waals surface area contributed by atoms with Crippen molar-refractivity contribution >= 4 is 39.1 Å². The standard InChI is InChI=1S/C32H34BrFN2O5/c1-31(2)12-21-28(23(37)14-31)27(29-22(36-21)13-32(3,4)15-24(29)38)17-10-20(33)30(25(11-17)40-5)41-16-26(39)35-19-8-6-18(34)7-9-19/h6-11,27,36H,12-16H2,1-5H3,(H,35,39). The third-order valence-electron chi connectivity index (χ3n) is 7.78. The first-order valence-electron chi connectivity index (χ1n) is 13.6. The van der Waals surface area contributed by atoms with E-state index < -0.39 is 17.6 Å². The molecule has 0 aromatic heterocycles. The largest absolute Gasteiger partial charge is 0.493 e. The number of halogens is 2. The van der Waals surface area contributed by atoms with Crippen molar-refractivity contribution in [2.75, 3.05) is 19.0 Å². The van der Waals surface area contributed by atoms with Crippen molar-refractivity contribution < 1.29 is 28.2 Å². The van der Waals surface area contributed by atoms with Crippen LogP contribution in [0.4, 0.5) is 10.1 Å². The molecule has 216 valence electrons. The van der Waals surface area contributed by atoms with E-state index in [9.17, 15) is 18.8 Å². The number of Topliss-reactive ketones (excluding diaryl/α,β-unsaturated/α-hetero) is 2. The zero-order valence-corrected chi connectivity index (χ0v) is 25.5. The summed E-state index contributed by atoms with van der Waals surface area (Å²) in [6.45, 7) is 8.03. The maximum atomic E-state index is 13.6. The highest BCUT2D eigenvalue weighted by Crippen LogP contribution is 2.52. The van der Waals surface area contributed by atoms with E-state index in [1.54, 1.807) is 6.07 Å². The Bertz CT molecular complexity index is 1450. The third-order valence-corrected chi connectivity index (χ3v) is 8.37. The van der Waals surface area contributed by atoms with Crippen molar-refractivity contribution in [1.82, 2.24) is 5.32 Å². The number of nitrogens with one attached hydrogen (secondary N) is 2. The Morgan fingerprint density at radius 3 is 2.07 bits per heavy atom. The van der Waals surface area contributed by atoms with E-state index in [2.05, 4.69) is 54.3 Å². The van der Waals surface area contributed by atoms with Crippen LogP contribution in [-0.2, 0) is 14.4 Å². The normalized spacial score (nSPS) is 19.8. The molecule has 0 radical (unpaired) electrons. The number of rotatable bonds is 6. The predicted octanol–water partition coefficient (Wildman–Crippen LogP) is 6.59. The molecule has 41 heavy (non-hydrogen) atoms. The highest BCUT2D eigenvalue weighted by atomic mass is 79.9. The summed E-state index contributed by atoms with van der Waals surface area (Å²) in [7, 11) is 1.50. The van der Waals surface area contributed by atoms with E-state index in [1.807, 2.05) is 6.07 Å². The second-order valence-electron chi connectivity index (χ2n) is 12.6. The smallest absolute Gasteiger partial charge is 0.262 e. The molecule has 0 fully saturated rings. The molecule has 2 aliphatic carbocycles. The molecule has 2 aromatic carbocycles. The lowest BCUT2D eigenvalue weighted by Crippen LogP contribution is -2.42. The van der Waals surface area contributed by atoms with Crippen molar-refractivity contribution in [2.24, 2.45) is 10.8 Å². The summed E-state index contributed by atoms with van der Waals surface area (Å²) < 4.78 is 25.2. The Labute approximate surface area is 247 Å². The zero-order chi connectivity index (χ0) is 29.7. The van der Waals surface area contributed by atoms with Crippen molar-refractivity contribution in [3.05, 3.63) is 74.8 Å². The molecule has 2 N–H and O–H groups in total. The van der Waals surface area contributed by atoms with Crippen molar-refractivity contribution in [2.45, 2.75) is 59.3 Å². The number of allylic oxidation sites excluding steroid dienone is 4. The first-order chi connectivity index (χ1) is 19.3. The lowest BCUT2D eigenvalue weighted by molar-refractivity contribution is -0.119. The van der Waals surface area contributed by atoms with Crippen LogP contribution in [0.3, 0.4) is 0 Å². The van der Waals surface area contributed by atoms with Gasteiger partial charge < -0.3 is 20.1 Å². The number of hydrogen-bond donors (Lipinski definition) is 2. The highest BCUT2D eigenvalue weighted by Gasteiger charge is 2.46. The predicted molar refractivity (Wildman–Crippen MR) is 157 cm³/mol. The first kappa shape index (κ1) is 29.0. The topological polar surface area (TPSA) is 93.7 Å². The molecule has 7 nitrogen and oxygen atoms in total. The second-order valence-corrected chi connectivity index (χ2v) is 13.5. The SMILES string of the molecule is COc1cc(C2C3=C(CC(C)(C)CC3=O)NC3=C2C(=O)CC(C)(C)C3)cc(Br)c1OCC(=O)Nc1ccc(F)cc1. The number of amides is 1. The summed E-state index contributed by atoms with van der Waals surface area (Å²) in [5, 5.41) is 6.19. The average Bonchev–Trinajstić information content (AvgIpc) is 2.86. The van der Waals surface area contributed by atoms with Crippen molar-refractivity contribution in [3.8, 4) is 11.5 Å². The minimum atomic E-state index is -0.533. The molecule has 1 amide bonds. The van der Waals surface area contributed by atoms with Crippen LogP contribution in [0.1, 0.15) is 64.9 Å². The molecule has 5 rings (SSSR count). The van der Waals surface area contributed by atoms with Crippen LogP contribution in [-0.4, -0.2) is 31.2 Å². The van der Waals surface area contributed by atoms with Crippen LogP contribution in [0.5, 0.6) is 11.5 Å². The summed E-state index contributed by atoms with van der Waals surface area (Å²) in [6.07, 6.45) is 2.21. The summed E-state index contributed by atoms with van der Waals surface area (Å²) in [4.78, 5) is 39.8. The monoisotopic (exact) mass is 624 g/mol. The molecule has 0 saturated heterocycles. The van der Waals surface area contributed by atoms with Gasteiger partial charge in [0.15, 0.2) is 29.7 Å². The maximum Gasteiger partial charge on any atom is 0.262 e. The molecule has 3 aliphatic rings. The minimum Gasteiger partial charge on any atom is -0.493 e. The number of hydrogen-bond acceptors (Lipinski definition) is 6. The molecule has 0 bridgehead atoms. The number of anilines is 1. The van der Waals surface area contributed by atoms with E-state index in [4.69, 9.17) is 9.47 Å². The molecule has 9 heteroatoms. The van der Waals surface area contributed by atoms with E-state index in [-0.39, 0.29) is 29.0 Å². The Kier molecular flexibility index (Phi) is 7.61. The van der Waals surface area contributed by atoms with Gasteiger partial charge in [0.25, 0.3) is 5.91 Å². The highest BCUT2D eigenvalue weighted by molar-refractivity contribution is 9.10. The first-order valence-corrected chi connectivity index (χ1v) is 14.4. The lowest BCUT2D eigenvalue weighted by atomic mass is 9.64. The van der Waals surface area contributed by atoms with Gasteiger partial charge in [-0.05, 0) is 81.6 Å². The van der Waals surface area contributed by atoms with Crippen molar-refractivity contribution in [1.29, 1.82) is 0 Å². The molecule has 0 atom stereocenters. The van der Waals surface area contributed by atoms with Crippen LogP contribution in [0.15, 0.2) is 63.4 Å². The number of methoxy groups -OCH3 is 1. The van der Waals surface area contributed by atoms with E-state index in [1.165, 1.54) is 31.4 Å². The fourth-order valence-electron chi connectivity index (χ4n) is 6.14. The maximum absolute atomic E-state index is 13.6. The average molecular weight is 626 g/mol. The van der Waals surface area contributed by atoms with Gasteiger partial charge in [-0.15, -0.1) is 0 Å². The minimum absolute atomic E-state index is 0.0332. The van der Waals surface area contributed by atoms with Gasteiger partial charge in [-0.25, -0.2) is 4.39 Å². The third kappa shape index (κ3) is 5.96. The Morgan fingerprint density at radius 2 is 1.54 bits per heavy atom. The van der Waals surface area contributed by atoms with Crippen LogP contribution in [0, 0.1) is 16.6 Å². The van der Waals surface area contributed by atoms with E-state index in [0.717, 1.165) is 17.0 Å². The molecule has 0 unspecified atom stereocenters.